The molecule has 0 bridgehead atoms. The third-order valence-corrected chi connectivity index (χ3v) is 6.64. The number of hydrogen-bond donors (Lipinski definition) is 1. The second-order valence-corrected chi connectivity index (χ2v) is 11.0. The molecule has 0 aromatic rings. The first-order valence-corrected chi connectivity index (χ1v) is 13.2. The summed E-state index contributed by atoms with van der Waals surface area (Å²) < 4.78 is 20.2. The number of carbonyl (C=O) groups is 4. The monoisotopic (exact) mass is 513 g/mol. The van der Waals surface area contributed by atoms with Crippen LogP contribution >= 0.6 is 0 Å². The van der Waals surface area contributed by atoms with E-state index in [2.05, 4.69) is 26.1 Å². The minimum Gasteiger partial charge on any atom is -0.463 e. The number of unbranched alkanes of at least 4 members (excludes halogenated alkanes) is 1. The molecule has 208 valence electrons. The standard InChI is InChI=1S/C27H47NO8/c1-7-20(3)25(32)36-19-33-14-10-9-11-22(29)28-21-15-26(4,5)18-27(6,16-21)13-12-23(30)35-17-24(31)34-8-2/h20-21H,7-19H2,1-6H3,(H,28,29). The van der Waals surface area contributed by atoms with Crippen molar-refractivity contribution in [1.82, 2.24) is 5.32 Å². The highest BCUT2D eigenvalue weighted by Crippen LogP contribution is 2.48. The Morgan fingerprint density at radius 3 is 2.33 bits per heavy atom. The normalized spacial score (nSPS) is 21.8. The number of carbonyl (C=O) groups excluding carboxylic acids is 4. The first-order chi connectivity index (χ1) is 16.9. The molecule has 1 rings (SSSR count). The summed E-state index contributed by atoms with van der Waals surface area (Å²) in [6.07, 6.45) is 5.99. The summed E-state index contributed by atoms with van der Waals surface area (Å²) in [4.78, 5) is 47.6. The van der Waals surface area contributed by atoms with Gasteiger partial charge in [0.05, 0.1) is 19.1 Å². The summed E-state index contributed by atoms with van der Waals surface area (Å²) in [5.41, 5.74) is -0.0937. The number of hydrogen-bond acceptors (Lipinski definition) is 8. The molecule has 0 radical (unpaired) electrons. The van der Waals surface area contributed by atoms with E-state index in [9.17, 15) is 19.2 Å². The Morgan fingerprint density at radius 2 is 1.67 bits per heavy atom. The molecule has 9 nitrogen and oxygen atoms in total. The Labute approximate surface area is 216 Å². The number of ether oxygens (including phenoxy) is 4. The van der Waals surface area contributed by atoms with Crippen molar-refractivity contribution in [3.63, 3.8) is 0 Å². The van der Waals surface area contributed by atoms with Crippen LogP contribution in [0.2, 0.25) is 0 Å². The van der Waals surface area contributed by atoms with E-state index in [1.54, 1.807) is 6.92 Å². The zero-order valence-electron chi connectivity index (χ0n) is 23.1. The molecule has 0 heterocycles. The van der Waals surface area contributed by atoms with Crippen LogP contribution < -0.4 is 5.32 Å². The van der Waals surface area contributed by atoms with Gasteiger partial charge in [-0.2, -0.15) is 0 Å². The Hall–Kier alpha value is -2.16. The van der Waals surface area contributed by atoms with Crippen LogP contribution in [0.3, 0.4) is 0 Å². The van der Waals surface area contributed by atoms with Gasteiger partial charge in [0.25, 0.3) is 0 Å². The second kappa shape index (κ2) is 15.8. The van der Waals surface area contributed by atoms with Gasteiger partial charge in [-0.3, -0.25) is 14.4 Å². The van der Waals surface area contributed by atoms with Crippen molar-refractivity contribution in [2.45, 2.75) is 105 Å². The first-order valence-electron chi connectivity index (χ1n) is 13.2. The van der Waals surface area contributed by atoms with Gasteiger partial charge in [0.15, 0.2) is 13.4 Å². The van der Waals surface area contributed by atoms with E-state index in [0.717, 1.165) is 25.7 Å². The maximum Gasteiger partial charge on any atom is 0.344 e. The van der Waals surface area contributed by atoms with Gasteiger partial charge in [0.1, 0.15) is 0 Å². The maximum atomic E-state index is 12.5. The Bertz CT molecular complexity index is 723. The molecular weight excluding hydrogens is 466 g/mol. The van der Waals surface area contributed by atoms with Gasteiger partial charge < -0.3 is 24.3 Å². The average molecular weight is 514 g/mol. The Morgan fingerprint density at radius 1 is 0.944 bits per heavy atom. The van der Waals surface area contributed by atoms with E-state index in [4.69, 9.17) is 18.9 Å². The summed E-state index contributed by atoms with van der Waals surface area (Å²) in [6, 6.07) is 0.0398. The molecule has 1 N–H and O–H groups in total. The van der Waals surface area contributed by atoms with Crippen molar-refractivity contribution in [1.29, 1.82) is 0 Å². The third-order valence-electron chi connectivity index (χ3n) is 6.64. The van der Waals surface area contributed by atoms with Gasteiger partial charge in [0.2, 0.25) is 5.91 Å². The molecule has 0 aliphatic heterocycles. The number of rotatable bonds is 16. The molecule has 1 amide bonds. The van der Waals surface area contributed by atoms with E-state index in [1.165, 1.54) is 0 Å². The Kier molecular flexibility index (Phi) is 14.0. The van der Waals surface area contributed by atoms with Crippen LogP contribution in [-0.4, -0.2) is 56.5 Å². The van der Waals surface area contributed by atoms with Crippen molar-refractivity contribution in [3.8, 4) is 0 Å². The summed E-state index contributed by atoms with van der Waals surface area (Å²) in [5, 5.41) is 3.18. The fourth-order valence-electron chi connectivity index (χ4n) is 5.00. The summed E-state index contributed by atoms with van der Waals surface area (Å²) >= 11 is 0. The van der Waals surface area contributed by atoms with Crippen molar-refractivity contribution < 1.29 is 38.1 Å². The predicted octanol–water partition coefficient (Wildman–Crippen LogP) is 4.31. The van der Waals surface area contributed by atoms with Crippen LogP contribution in [-0.2, 0) is 38.1 Å². The molecule has 1 aliphatic carbocycles. The van der Waals surface area contributed by atoms with Crippen LogP contribution in [0.1, 0.15) is 99.3 Å². The number of nitrogens with one attached hydrogen (secondary N) is 1. The summed E-state index contributed by atoms with van der Waals surface area (Å²) in [6.45, 7) is 12.2. The minimum absolute atomic E-state index is 0.0112. The molecule has 0 aromatic carbocycles. The van der Waals surface area contributed by atoms with Gasteiger partial charge in [-0.05, 0) is 62.7 Å². The van der Waals surface area contributed by atoms with E-state index >= 15 is 0 Å². The Balaban J connectivity index is 2.36. The van der Waals surface area contributed by atoms with E-state index in [0.29, 0.717) is 32.3 Å². The van der Waals surface area contributed by atoms with Gasteiger partial charge in [-0.1, -0.05) is 34.6 Å². The largest absolute Gasteiger partial charge is 0.463 e. The van der Waals surface area contributed by atoms with Crippen LogP contribution in [0, 0.1) is 16.7 Å². The highest BCUT2D eigenvalue weighted by molar-refractivity contribution is 5.77. The SMILES string of the molecule is CCOC(=O)COC(=O)CCC1(C)CC(NC(=O)CCCCOCOC(=O)C(C)CC)CC(C)(C)C1. The smallest absolute Gasteiger partial charge is 0.344 e. The zero-order chi connectivity index (χ0) is 27.2. The van der Waals surface area contributed by atoms with Crippen LogP contribution in [0.5, 0.6) is 0 Å². The van der Waals surface area contributed by atoms with Gasteiger partial charge >= 0.3 is 17.9 Å². The van der Waals surface area contributed by atoms with Gasteiger partial charge in [-0.15, -0.1) is 0 Å². The second-order valence-electron chi connectivity index (χ2n) is 11.0. The maximum absolute atomic E-state index is 12.5. The van der Waals surface area contributed by atoms with Crippen LogP contribution in [0.25, 0.3) is 0 Å². The molecule has 0 spiro atoms. The molecular formula is C27H47NO8. The highest BCUT2D eigenvalue weighted by Gasteiger charge is 2.41. The lowest BCUT2D eigenvalue weighted by molar-refractivity contribution is -0.160. The zero-order valence-corrected chi connectivity index (χ0v) is 23.1. The molecule has 1 aliphatic rings. The van der Waals surface area contributed by atoms with Crippen molar-refractivity contribution in [3.05, 3.63) is 0 Å². The molecule has 9 heteroatoms. The molecule has 1 fully saturated rings. The summed E-state index contributed by atoms with van der Waals surface area (Å²) in [5.74, 6) is -1.33. The number of amides is 1. The molecule has 0 saturated heterocycles. The molecule has 3 atom stereocenters. The lowest BCUT2D eigenvalue weighted by atomic mass is 9.61. The van der Waals surface area contributed by atoms with Crippen molar-refractivity contribution >= 4 is 23.8 Å². The first kappa shape index (κ1) is 31.9. The number of esters is 3. The molecule has 3 unspecified atom stereocenters. The average Bonchev–Trinajstić information content (AvgIpc) is 2.79. The minimum atomic E-state index is -0.546. The lowest BCUT2D eigenvalue weighted by Gasteiger charge is -2.47. The van der Waals surface area contributed by atoms with Gasteiger partial charge in [0, 0.05) is 18.9 Å². The fraction of sp³-hybridized carbons (Fsp3) is 0.852. The van der Waals surface area contributed by atoms with Gasteiger partial charge in [-0.25, -0.2) is 4.79 Å². The quantitative estimate of drug-likeness (QED) is 0.140. The van der Waals surface area contributed by atoms with Crippen molar-refractivity contribution in [2.75, 3.05) is 26.6 Å². The lowest BCUT2D eigenvalue weighted by Crippen LogP contribution is -2.47. The third kappa shape index (κ3) is 13.2. The highest BCUT2D eigenvalue weighted by atomic mass is 16.7. The fourth-order valence-corrected chi connectivity index (χ4v) is 5.00. The van der Waals surface area contributed by atoms with Crippen LogP contribution in [0.15, 0.2) is 0 Å². The van der Waals surface area contributed by atoms with E-state index in [-0.39, 0.29) is 61.1 Å². The van der Waals surface area contributed by atoms with Crippen molar-refractivity contribution in [2.24, 2.45) is 16.7 Å². The predicted molar refractivity (Wildman–Crippen MR) is 135 cm³/mol. The summed E-state index contributed by atoms with van der Waals surface area (Å²) in [7, 11) is 0. The molecule has 1 saturated carbocycles. The molecule has 0 aromatic heterocycles. The molecule has 36 heavy (non-hydrogen) atoms. The topological polar surface area (TPSA) is 117 Å². The van der Waals surface area contributed by atoms with E-state index < -0.39 is 11.9 Å². The van der Waals surface area contributed by atoms with Crippen LogP contribution in [0.4, 0.5) is 0 Å². The van der Waals surface area contributed by atoms with E-state index in [1.807, 2.05) is 13.8 Å².